The molecule has 0 atom stereocenters. The first-order chi connectivity index (χ1) is 12.5. The van der Waals surface area contributed by atoms with E-state index < -0.39 is 16.5 Å². The van der Waals surface area contributed by atoms with Gasteiger partial charge in [0.25, 0.3) is 0 Å². The molecule has 0 aliphatic heterocycles. The molecule has 26 heavy (non-hydrogen) atoms. The van der Waals surface area contributed by atoms with Crippen LogP contribution >= 0.6 is 11.3 Å². The number of carbonyl (C=O) groups excluding carboxylic acids is 1. The van der Waals surface area contributed by atoms with E-state index in [1.807, 2.05) is 13.8 Å². The Morgan fingerprint density at radius 3 is 2.69 bits per heavy atom. The summed E-state index contributed by atoms with van der Waals surface area (Å²) < 4.78 is 4.94. The Balaban J connectivity index is 1.83. The van der Waals surface area contributed by atoms with Crippen molar-refractivity contribution in [2.75, 3.05) is 10.7 Å². The van der Waals surface area contributed by atoms with Crippen LogP contribution in [0.5, 0.6) is 0 Å². The molecule has 3 N–H and O–H groups in total. The van der Waals surface area contributed by atoms with Gasteiger partial charge >= 0.3 is 11.6 Å². The van der Waals surface area contributed by atoms with Crippen LogP contribution in [0, 0.1) is 24.0 Å². The highest BCUT2D eigenvalue weighted by Crippen LogP contribution is 2.32. The largest absolute Gasteiger partial charge is 0.459 e. The molecule has 0 aliphatic carbocycles. The van der Waals surface area contributed by atoms with Gasteiger partial charge in [0.1, 0.15) is 6.33 Å². The minimum atomic E-state index is -0.656. The Bertz CT molecular complexity index is 935. The number of nitrogens with zero attached hydrogens (tertiary/aromatic N) is 4. The van der Waals surface area contributed by atoms with Gasteiger partial charge in [0, 0.05) is 4.88 Å². The normalized spacial score (nSPS) is 10.4. The van der Waals surface area contributed by atoms with Crippen LogP contribution in [0.2, 0.25) is 0 Å². The summed E-state index contributed by atoms with van der Waals surface area (Å²) in [4.78, 5) is 35.7. The molecule has 0 fully saturated rings. The van der Waals surface area contributed by atoms with E-state index in [2.05, 4.69) is 31.1 Å². The van der Waals surface area contributed by atoms with Crippen molar-refractivity contribution in [1.82, 2.24) is 20.4 Å². The van der Waals surface area contributed by atoms with Gasteiger partial charge in [-0.1, -0.05) is 0 Å². The predicted octanol–water partition coefficient (Wildman–Crippen LogP) is 2.55. The number of thiazole rings is 1. The quantitative estimate of drug-likeness (QED) is 0.436. The number of hydrazine groups is 1. The van der Waals surface area contributed by atoms with Crippen LogP contribution in [0.4, 0.5) is 22.5 Å². The molecular weight excluding hydrogens is 362 g/mol. The van der Waals surface area contributed by atoms with Crippen LogP contribution in [0.15, 0.2) is 29.1 Å². The summed E-state index contributed by atoms with van der Waals surface area (Å²) in [6, 6.07) is 2.99. The molecule has 11 nitrogen and oxygen atoms in total. The van der Waals surface area contributed by atoms with Gasteiger partial charge in [0.2, 0.25) is 11.6 Å². The first-order valence-corrected chi connectivity index (χ1v) is 8.07. The number of rotatable bonds is 6. The fourth-order valence-electron chi connectivity index (χ4n) is 1.95. The summed E-state index contributed by atoms with van der Waals surface area (Å²) in [7, 11) is 0. The molecule has 0 aliphatic rings. The first kappa shape index (κ1) is 17.3. The fraction of sp³-hybridized carbons (Fsp3) is 0.143. The number of aryl methyl sites for hydroxylation is 2. The molecule has 0 spiro atoms. The number of nitro groups is 1. The van der Waals surface area contributed by atoms with E-state index in [9.17, 15) is 14.9 Å². The minimum Gasteiger partial charge on any atom is -0.459 e. The Labute approximate surface area is 150 Å². The Kier molecular flexibility index (Phi) is 4.75. The van der Waals surface area contributed by atoms with E-state index in [0.29, 0.717) is 5.13 Å². The zero-order valence-electron chi connectivity index (χ0n) is 13.6. The second-order valence-corrected chi connectivity index (χ2v) is 6.22. The van der Waals surface area contributed by atoms with Crippen molar-refractivity contribution in [3.05, 3.63) is 51.2 Å². The Morgan fingerprint density at radius 1 is 1.31 bits per heavy atom. The van der Waals surface area contributed by atoms with Crippen LogP contribution in [-0.4, -0.2) is 25.8 Å². The van der Waals surface area contributed by atoms with E-state index in [4.69, 9.17) is 4.42 Å². The molecular formula is C14H13N7O4S. The molecule has 0 saturated heterocycles. The minimum absolute atomic E-state index is 0.0429. The lowest BCUT2D eigenvalue weighted by Gasteiger charge is -2.09. The smallest absolute Gasteiger partial charge is 0.355 e. The summed E-state index contributed by atoms with van der Waals surface area (Å²) >= 11 is 1.34. The number of anilines is 3. The summed E-state index contributed by atoms with van der Waals surface area (Å²) in [5, 5.41) is 14.8. The van der Waals surface area contributed by atoms with E-state index >= 15 is 0 Å². The third kappa shape index (κ3) is 3.59. The van der Waals surface area contributed by atoms with Gasteiger partial charge < -0.3 is 9.73 Å². The maximum absolute atomic E-state index is 11.9. The van der Waals surface area contributed by atoms with Crippen molar-refractivity contribution in [3.63, 3.8) is 0 Å². The van der Waals surface area contributed by atoms with E-state index in [1.165, 1.54) is 23.7 Å². The van der Waals surface area contributed by atoms with Gasteiger partial charge in [-0.2, -0.15) is 0 Å². The highest BCUT2D eigenvalue weighted by Gasteiger charge is 2.24. The zero-order chi connectivity index (χ0) is 18.7. The molecule has 3 aromatic rings. The molecule has 0 unspecified atom stereocenters. The highest BCUT2D eigenvalue weighted by molar-refractivity contribution is 7.15. The second-order valence-electron chi connectivity index (χ2n) is 5.02. The zero-order valence-corrected chi connectivity index (χ0v) is 14.5. The van der Waals surface area contributed by atoms with Crippen LogP contribution in [0.25, 0.3) is 0 Å². The van der Waals surface area contributed by atoms with Gasteiger partial charge in [-0.15, -0.1) is 11.3 Å². The van der Waals surface area contributed by atoms with Gasteiger partial charge in [-0.3, -0.25) is 25.8 Å². The molecule has 1 amide bonds. The number of carbonyl (C=O) groups is 1. The van der Waals surface area contributed by atoms with Crippen molar-refractivity contribution >= 4 is 39.7 Å². The first-order valence-electron chi connectivity index (χ1n) is 7.26. The molecule has 12 heteroatoms. The second kappa shape index (κ2) is 7.14. The average molecular weight is 375 g/mol. The van der Waals surface area contributed by atoms with Crippen molar-refractivity contribution < 1.29 is 14.1 Å². The number of furan rings is 1. The monoisotopic (exact) mass is 375 g/mol. The molecule has 3 rings (SSSR count). The lowest BCUT2D eigenvalue weighted by atomic mass is 10.4. The number of nitrogens with one attached hydrogen (secondary N) is 3. The van der Waals surface area contributed by atoms with Gasteiger partial charge in [0.15, 0.2) is 10.9 Å². The molecule has 0 saturated carbocycles. The topological polar surface area (TPSA) is 148 Å². The van der Waals surface area contributed by atoms with Crippen molar-refractivity contribution in [3.8, 4) is 0 Å². The average Bonchev–Trinajstić information content (AvgIpc) is 3.23. The van der Waals surface area contributed by atoms with E-state index in [-0.39, 0.29) is 17.4 Å². The molecule has 134 valence electrons. The van der Waals surface area contributed by atoms with Gasteiger partial charge in [-0.05, 0) is 26.0 Å². The number of hydrogen-bond acceptors (Lipinski definition) is 10. The third-order valence-corrected chi connectivity index (χ3v) is 4.29. The van der Waals surface area contributed by atoms with Crippen molar-refractivity contribution in [2.24, 2.45) is 0 Å². The summed E-state index contributed by atoms with van der Waals surface area (Å²) in [5.41, 5.74) is 5.08. The van der Waals surface area contributed by atoms with E-state index in [0.717, 1.165) is 16.9 Å². The molecule has 0 bridgehead atoms. The maximum Gasteiger partial charge on any atom is 0.355 e. The molecule has 3 heterocycles. The standard InChI is InChI=1S/C14H13N7O4S/c1-7-8(2)26-14(17-7)18-11-10(21(23)24)12(16-6-15-11)19-20-13(22)9-4-3-5-25-9/h3-6H,1-2H3,(H,20,22)(H2,15,16,17,18,19). The number of hydrogen-bond donors (Lipinski definition) is 3. The molecule has 0 radical (unpaired) electrons. The summed E-state index contributed by atoms with van der Waals surface area (Å²) in [6.45, 7) is 3.73. The number of amides is 1. The Hall–Kier alpha value is -3.54. The Morgan fingerprint density at radius 2 is 2.08 bits per heavy atom. The maximum atomic E-state index is 11.9. The summed E-state index contributed by atoms with van der Waals surface area (Å²) in [5.74, 6) is -0.796. The molecule has 3 aromatic heterocycles. The van der Waals surface area contributed by atoms with Crippen LogP contribution < -0.4 is 16.2 Å². The highest BCUT2D eigenvalue weighted by atomic mass is 32.1. The van der Waals surface area contributed by atoms with Gasteiger partial charge in [0.05, 0.1) is 16.9 Å². The van der Waals surface area contributed by atoms with Crippen LogP contribution in [-0.2, 0) is 0 Å². The van der Waals surface area contributed by atoms with Crippen molar-refractivity contribution in [2.45, 2.75) is 13.8 Å². The lowest BCUT2D eigenvalue weighted by Crippen LogP contribution is -2.30. The predicted molar refractivity (Wildman–Crippen MR) is 93.4 cm³/mol. The van der Waals surface area contributed by atoms with Crippen molar-refractivity contribution in [1.29, 1.82) is 0 Å². The van der Waals surface area contributed by atoms with E-state index in [1.54, 1.807) is 6.07 Å². The SMILES string of the molecule is Cc1nc(Nc2ncnc(NNC(=O)c3ccco3)c2[N+](=O)[O-])sc1C. The van der Waals surface area contributed by atoms with Crippen LogP contribution in [0.3, 0.4) is 0 Å². The molecule has 0 aromatic carbocycles. The fourth-order valence-corrected chi connectivity index (χ4v) is 2.76. The number of aromatic nitrogens is 3. The summed E-state index contributed by atoms with van der Waals surface area (Å²) in [6.07, 6.45) is 2.46. The van der Waals surface area contributed by atoms with Gasteiger partial charge in [-0.25, -0.2) is 15.0 Å². The third-order valence-electron chi connectivity index (χ3n) is 3.30. The lowest BCUT2D eigenvalue weighted by molar-refractivity contribution is -0.383. The van der Waals surface area contributed by atoms with Crippen LogP contribution in [0.1, 0.15) is 21.1 Å².